The molecular formula is C22H21N3O6. The van der Waals surface area contributed by atoms with Gasteiger partial charge in [-0.15, -0.1) is 0 Å². The summed E-state index contributed by atoms with van der Waals surface area (Å²) in [6.45, 7) is 0.708. The molecule has 0 fully saturated rings. The number of ether oxygens (including phenoxy) is 3. The summed E-state index contributed by atoms with van der Waals surface area (Å²) >= 11 is 0. The number of benzene rings is 2. The number of hydrogen-bond donors (Lipinski definition) is 2. The van der Waals surface area contributed by atoms with Gasteiger partial charge in [0.05, 0.1) is 24.9 Å². The van der Waals surface area contributed by atoms with Crippen molar-refractivity contribution in [2.24, 2.45) is 0 Å². The van der Waals surface area contributed by atoms with E-state index < -0.39 is 11.9 Å². The van der Waals surface area contributed by atoms with Crippen molar-refractivity contribution in [2.45, 2.75) is 6.42 Å². The summed E-state index contributed by atoms with van der Waals surface area (Å²) in [7, 11) is 1.28. The van der Waals surface area contributed by atoms with Crippen molar-refractivity contribution in [1.29, 1.82) is 0 Å². The van der Waals surface area contributed by atoms with Gasteiger partial charge in [0.25, 0.3) is 5.91 Å². The van der Waals surface area contributed by atoms with Gasteiger partial charge in [-0.25, -0.2) is 0 Å². The van der Waals surface area contributed by atoms with E-state index >= 15 is 0 Å². The standard InChI is InChI=1S/C22H21N3O6/c1-29-22(28)12-15-11-21(27)25(17-5-3-2-4-16(17)23-15)13-20(26)24-14-6-7-18-19(10-14)31-9-8-30-18/h2-7,10-11,23H,8-9,12-13H2,1H3,(H,24,26). The van der Waals surface area contributed by atoms with Crippen molar-refractivity contribution in [2.75, 3.05) is 42.4 Å². The molecule has 2 heterocycles. The van der Waals surface area contributed by atoms with Crippen LogP contribution in [-0.4, -0.2) is 44.7 Å². The van der Waals surface area contributed by atoms with Gasteiger partial charge in [-0.05, 0) is 24.3 Å². The van der Waals surface area contributed by atoms with E-state index in [1.54, 1.807) is 42.5 Å². The fourth-order valence-electron chi connectivity index (χ4n) is 3.32. The molecule has 160 valence electrons. The normalized spacial score (nSPS) is 14.5. The maximum Gasteiger partial charge on any atom is 0.311 e. The molecule has 0 aromatic heterocycles. The molecular weight excluding hydrogens is 402 g/mol. The number of nitrogens with one attached hydrogen (secondary N) is 2. The molecule has 0 spiro atoms. The first-order chi connectivity index (χ1) is 15.0. The largest absolute Gasteiger partial charge is 0.486 e. The summed E-state index contributed by atoms with van der Waals surface area (Å²) in [4.78, 5) is 38.6. The summed E-state index contributed by atoms with van der Waals surface area (Å²) in [6.07, 6.45) is 1.21. The van der Waals surface area contributed by atoms with Crippen molar-refractivity contribution in [3.8, 4) is 11.5 Å². The number of esters is 1. The first kappa shape index (κ1) is 20.3. The van der Waals surface area contributed by atoms with Crippen LogP contribution in [0, 0.1) is 0 Å². The molecule has 2 amide bonds. The summed E-state index contributed by atoms with van der Waals surface area (Å²) in [5.41, 5.74) is 2.06. The Balaban J connectivity index is 1.53. The van der Waals surface area contributed by atoms with Gasteiger partial charge < -0.3 is 24.8 Å². The van der Waals surface area contributed by atoms with Gasteiger partial charge in [0, 0.05) is 23.5 Å². The van der Waals surface area contributed by atoms with Crippen LogP contribution in [0.1, 0.15) is 6.42 Å². The summed E-state index contributed by atoms with van der Waals surface area (Å²) in [5.74, 6) is -0.109. The molecule has 2 aliphatic heterocycles. The number of carbonyl (C=O) groups is 3. The van der Waals surface area contributed by atoms with Gasteiger partial charge >= 0.3 is 5.97 Å². The Morgan fingerprint density at radius 2 is 1.90 bits per heavy atom. The van der Waals surface area contributed by atoms with Crippen molar-refractivity contribution in [3.05, 3.63) is 54.2 Å². The Morgan fingerprint density at radius 3 is 2.71 bits per heavy atom. The minimum absolute atomic E-state index is 0.0895. The van der Waals surface area contributed by atoms with Crippen molar-refractivity contribution in [1.82, 2.24) is 0 Å². The lowest BCUT2D eigenvalue weighted by Gasteiger charge is -2.22. The van der Waals surface area contributed by atoms with E-state index in [1.807, 2.05) is 0 Å². The van der Waals surface area contributed by atoms with Crippen LogP contribution in [0.3, 0.4) is 0 Å². The van der Waals surface area contributed by atoms with E-state index in [0.717, 1.165) is 0 Å². The monoisotopic (exact) mass is 423 g/mol. The van der Waals surface area contributed by atoms with E-state index in [2.05, 4.69) is 15.4 Å². The number of nitrogens with zero attached hydrogens (tertiary/aromatic N) is 1. The SMILES string of the molecule is COC(=O)CC1=CC(=O)N(CC(=O)Nc2ccc3c(c2)OCCO3)c2ccccc2N1. The van der Waals surface area contributed by atoms with Crippen LogP contribution in [-0.2, 0) is 19.1 Å². The highest BCUT2D eigenvalue weighted by Crippen LogP contribution is 2.33. The lowest BCUT2D eigenvalue weighted by Crippen LogP contribution is -2.37. The average Bonchev–Trinajstić information content (AvgIpc) is 2.89. The summed E-state index contributed by atoms with van der Waals surface area (Å²) in [5, 5.41) is 5.86. The third-order valence-electron chi connectivity index (χ3n) is 4.74. The van der Waals surface area contributed by atoms with E-state index in [-0.39, 0.29) is 18.9 Å². The minimum Gasteiger partial charge on any atom is -0.486 e. The zero-order chi connectivity index (χ0) is 21.8. The smallest absolute Gasteiger partial charge is 0.311 e. The van der Waals surface area contributed by atoms with Gasteiger partial charge in [0.1, 0.15) is 19.8 Å². The molecule has 0 unspecified atom stereocenters. The maximum atomic E-state index is 12.9. The molecule has 0 aliphatic carbocycles. The Kier molecular flexibility index (Phi) is 5.74. The number of para-hydroxylation sites is 2. The number of carbonyl (C=O) groups excluding carboxylic acids is 3. The lowest BCUT2D eigenvalue weighted by atomic mass is 10.2. The first-order valence-electron chi connectivity index (χ1n) is 9.68. The second kappa shape index (κ2) is 8.78. The van der Waals surface area contributed by atoms with Gasteiger partial charge in [0.15, 0.2) is 11.5 Å². The van der Waals surface area contributed by atoms with Gasteiger partial charge in [-0.3, -0.25) is 19.3 Å². The number of methoxy groups -OCH3 is 1. The van der Waals surface area contributed by atoms with E-state index in [0.29, 0.717) is 47.5 Å². The molecule has 2 aromatic rings. The summed E-state index contributed by atoms with van der Waals surface area (Å²) < 4.78 is 15.7. The molecule has 9 heteroatoms. The number of anilines is 3. The van der Waals surface area contributed by atoms with Crippen LogP contribution in [0.15, 0.2) is 54.2 Å². The van der Waals surface area contributed by atoms with E-state index in [9.17, 15) is 14.4 Å². The molecule has 2 N–H and O–H groups in total. The molecule has 0 radical (unpaired) electrons. The molecule has 2 aromatic carbocycles. The Hall–Kier alpha value is -4.01. The quantitative estimate of drug-likeness (QED) is 0.711. The Bertz CT molecular complexity index is 1060. The highest BCUT2D eigenvalue weighted by Gasteiger charge is 2.25. The highest BCUT2D eigenvalue weighted by atomic mass is 16.6. The second-order valence-electron chi connectivity index (χ2n) is 6.90. The van der Waals surface area contributed by atoms with Crippen LogP contribution in [0.2, 0.25) is 0 Å². The van der Waals surface area contributed by atoms with Crippen LogP contribution in [0.4, 0.5) is 17.1 Å². The molecule has 4 rings (SSSR count). The van der Waals surface area contributed by atoms with Crippen molar-refractivity contribution < 1.29 is 28.6 Å². The van der Waals surface area contributed by atoms with Crippen LogP contribution >= 0.6 is 0 Å². The third kappa shape index (κ3) is 4.61. The molecule has 0 bridgehead atoms. The number of fused-ring (bicyclic) bond motifs is 2. The minimum atomic E-state index is -0.478. The fourth-order valence-corrected chi connectivity index (χ4v) is 3.32. The molecule has 0 saturated carbocycles. The first-order valence-corrected chi connectivity index (χ1v) is 9.68. The topological polar surface area (TPSA) is 106 Å². The maximum absolute atomic E-state index is 12.9. The number of hydrogen-bond acceptors (Lipinski definition) is 7. The number of rotatable bonds is 5. The van der Waals surface area contributed by atoms with Crippen molar-refractivity contribution in [3.63, 3.8) is 0 Å². The molecule has 0 atom stereocenters. The average molecular weight is 423 g/mol. The summed E-state index contributed by atoms with van der Waals surface area (Å²) in [6, 6.07) is 12.2. The Morgan fingerprint density at radius 1 is 1.13 bits per heavy atom. The highest BCUT2D eigenvalue weighted by molar-refractivity contribution is 6.10. The molecule has 31 heavy (non-hydrogen) atoms. The zero-order valence-electron chi connectivity index (χ0n) is 16.8. The van der Waals surface area contributed by atoms with Gasteiger partial charge in [-0.2, -0.15) is 0 Å². The Labute approximate surface area is 178 Å². The van der Waals surface area contributed by atoms with E-state index in [1.165, 1.54) is 18.1 Å². The zero-order valence-corrected chi connectivity index (χ0v) is 16.8. The van der Waals surface area contributed by atoms with Gasteiger partial charge in [-0.1, -0.05) is 12.1 Å². The fraction of sp³-hybridized carbons (Fsp3) is 0.227. The van der Waals surface area contributed by atoms with Crippen molar-refractivity contribution >= 4 is 34.8 Å². The van der Waals surface area contributed by atoms with E-state index in [4.69, 9.17) is 9.47 Å². The number of amides is 2. The van der Waals surface area contributed by atoms with Crippen LogP contribution < -0.4 is 25.0 Å². The lowest BCUT2D eigenvalue weighted by molar-refractivity contribution is -0.139. The third-order valence-corrected chi connectivity index (χ3v) is 4.74. The molecule has 2 aliphatic rings. The predicted octanol–water partition coefficient (Wildman–Crippen LogP) is 2.30. The molecule has 9 nitrogen and oxygen atoms in total. The van der Waals surface area contributed by atoms with Crippen LogP contribution in [0.5, 0.6) is 11.5 Å². The molecule has 0 saturated heterocycles. The predicted molar refractivity (Wildman–Crippen MR) is 113 cm³/mol. The van der Waals surface area contributed by atoms with Gasteiger partial charge in [0.2, 0.25) is 5.91 Å². The second-order valence-corrected chi connectivity index (χ2v) is 6.90. The van der Waals surface area contributed by atoms with Crippen LogP contribution in [0.25, 0.3) is 0 Å².